The van der Waals surface area contributed by atoms with E-state index in [2.05, 4.69) is 17.6 Å². The second-order valence-electron chi connectivity index (χ2n) is 9.78. The molecular weight excluding hydrogens is 493 g/mol. The summed E-state index contributed by atoms with van der Waals surface area (Å²) >= 11 is 12.6. The van der Waals surface area contributed by atoms with Gasteiger partial charge in [-0.05, 0) is 67.9 Å². The van der Waals surface area contributed by atoms with Crippen LogP contribution in [-0.2, 0) is 24.7 Å². The normalized spacial score (nSPS) is 12.2. The van der Waals surface area contributed by atoms with Crippen molar-refractivity contribution >= 4 is 45.9 Å². The molecule has 0 aliphatic heterocycles. The molecule has 1 heterocycles. The average Bonchev–Trinajstić information content (AvgIpc) is 3.11. The van der Waals surface area contributed by atoms with Crippen LogP contribution in [0.25, 0.3) is 10.9 Å². The summed E-state index contributed by atoms with van der Waals surface area (Å²) in [6, 6.07) is 13.7. The number of rotatable bonds is 15. The van der Waals surface area contributed by atoms with Crippen molar-refractivity contribution in [2.24, 2.45) is 13.0 Å². The maximum absolute atomic E-state index is 13.6. The molecule has 3 aromatic rings. The van der Waals surface area contributed by atoms with Crippen molar-refractivity contribution in [1.29, 1.82) is 0 Å². The molecule has 194 valence electrons. The van der Waals surface area contributed by atoms with Gasteiger partial charge in [-0.2, -0.15) is 0 Å². The number of aliphatic carboxylic acids is 1. The van der Waals surface area contributed by atoms with Crippen LogP contribution in [-0.4, -0.2) is 21.4 Å². The van der Waals surface area contributed by atoms with Gasteiger partial charge >= 0.3 is 5.97 Å². The molecule has 1 atom stereocenters. The summed E-state index contributed by atoms with van der Waals surface area (Å²) in [5, 5.41) is 11.7. The molecule has 0 radical (unpaired) electrons. The van der Waals surface area contributed by atoms with Crippen LogP contribution in [0.4, 0.5) is 0 Å². The number of carboxylic acids is 1. The Kier molecular flexibility index (Phi) is 10.9. The second kappa shape index (κ2) is 13.9. The van der Waals surface area contributed by atoms with Gasteiger partial charge in [0.2, 0.25) is 0 Å². The highest BCUT2D eigenvalue weighted by molar-refractivity contribution is 6.31. The first-order valence-electron chi connectivity index (χ1n) is 13.1. The van der Waals surface area contributed by atoms with E-state index in [1.165, 1.54) is 5.56 Å². The van der Waals surface area contributed by atoms with Crippen LogP contribution in [0, 0.1) is 5.92 Å². The van der Waals surface area contributed by atoms with Crippen LogP contribution >= 0.6 is 23.2 Å². The fourth-order valence-corrected chi connectivity index (χ4v) is 5.52. The molecular formula is C30H37Cl2NO3. The molecule has 6 heteroatoms. The quantitative estimate of drug-likeness (QED) is 0.158. The lowest BCUT2D eigenvalue weighted by Crippen LogP contribution is -2.15. The summed E-state index contributed by atoms with van der Waals surface area (Å²) in [6.45, 7) is 2.08. The first-order valence-corrected chi connectivity index (χ1v) is 13.8. The van der Waals surface area contributed by atoms with Gasteiger partial charge in [-0.25, -0.2) is 0 Å². The number of aromatic nitrogens is 1. The molecule has 0 saturated carbocycles. The van der Waals surface area contributed by atoms with E-state index in [1.807, 2.05) is 43.4 Å². The summed E-state index contributed by atoms with van der Waals surface area (Å²) in [7, 11) is 2.01. The summed E-state index contributed by atoms with van der Waals surface area (Å²) < 4.78 is 2.11. The largest absolute Gasteiger partial charge is 0.481 e. The Balaban J connectivity index is 1.72. The number of fused-ring (bicyclic) bond motifs is 1. The van der Waals surface area contributed by atoms with Crippen LogP contribution in [0.1, 0.15) is 86.3 Å². The Bertz CT molecular complexity index is 1180. The predicted octanol–water partition coefficient (Wildman–Crippen LogP) is 8.68. The zero-order valence-corrected chi connectivity index (χ0v) is 22.9. The molecule has 0 aliphatic carbocycles. The van der Waals surface area contributed by atoms with E-state index in [1.54, 1.807) is 0 Å². The van der Waals surface area contributed by atoms with Crippen LogP contribution in [0.2, 0.25) is 10.0 Å². The molecule has 0 aliphatic rings. The van der Waals surface area contributed by atoms with Crippen LogP contribution in [0.5, 0.6) is 0 Å². The summed E-state index contributed by atoms with van der Waals surface area (Å²) in [4.78, 5) is 25.0. The summed E-state index contributed by atoms with van der Waals surface area (Å²) in [5.41, 5.74) is 3.92. The molecule has 0 saturated heterocycles. The van der Waals surface area contributed by atoms with Gasteiger partial charge in [-0.3, -0.25) is 9.59 Å². The SMILES string of the molecule is CCCCC(CC(=O)O)CC(=O)c1c(CCCCCCc2ccccc2Cl)n(C)c2ccc(Cl)cc12. The minimum atomic E-state index is -0.845. The second-order valence-corrected chi connectivity index (χ2v) is 10.6. The molecule has 0 fully saturated rings. The minimum absolute atomic E-state index is 0.0258. The number of carbonyl (C=O) groups excluding carboxylic acids is 1. The average molecular weight is 531 g/mol. The van der Waals surface area contributed by atoms with Gasteiger partial charge in [0.25, 0.3) is 0 Å². The highest BCUT2D eigenvalue weighted by atomic mass is 35.5. The third kappa shape index (κ3) is 7.60. The summed E-state index contributed by atoms with van der Waals surface area (Å²) in [5.74, 6) is -0.970. The van der Waals surface area contributed by atoms with E-state index >= 15 is 0 Å². The Labute approximate surface area is 224 Å². The molecule has 0 spiro atoms. The van der Waals surface area contributed by atoms with Crippen LogP contribution < -0.4 is 0 Å². The molecule has 0 bridgehead atoms. The first-order chi connectivity index (χ1) is 17.3. The number of nitrogens with zero attached hydrogens (tertiary/aromatic N) is 1. The molecule has 1 N–H and O–H groups in total. The maximum atomic E-state index is 13.6. The number of aryl methyl sites for hydroxylation is 2. The Morgan fingerprint density at radius 3 is 2.36 bits per heavy atom. The van der Waals surface area contributed by atoms with E-state index in [0.717, 1.165) is 85.0 Å². The van der Waals surface area contributed by atoms with Crippen molar-refractivity contribution in [2.45, 2.75) is 77.6 Å². The zero-order valence-electron chi connectivity index (χ0n) is 21.4. The van der Waals surface area contributed by atoms with Crippen molar-refractivity contribution in [3.05, 3.63) is 69.3 Å². The van der Waals surface area contributed by atoms with Gasteiger partial charge in [0.1, 0.15) is 0 Å². The number of halogens is 2. The minimum Gasteiger partial charge on any atom is -0.481 e. The number of Topliss-reactive ketones (excluding diaryl/α,β-unsaturated/α-hetero) is 1. The number of carboxylic acid groups (broad SMARTS) is 1. The van der Waals surface area contributed by atoms with Gasteiger partial charge in [-0.1, -0.05) is 74.0 Å². The predicted molar refractivity (Wildman–Crippen MR) is 149 cm³/mol. The number of carbonyl (C=O) groups is 2. The number of benzene rings is 2. The van der Waals surface area contributed by atoms with Crippen molar-refractivity contribution < 1.29 is 14.7 Å². The highest BCUT2D eigenvalue weighted by Gasteiger charge is 2.24. The van der Waals surface area contributed by atoms with Gasteiger partial charge in [0.05, 0.1) is 0 Å². The Morgan fingerprint density at radius 1 is 0.944 bits per heavy atom. The fourth-order valence-electron chi connectivity index (χ4n) is 5.12. The maximum Gasteiger partial charge on any atom is 0.303 e. The van der Waals surface area contributed by atoms with Crippen molar-refractivity contribution in [3.63, 3.8) is 0 Å². The lowest BCUT2D eigenvalue weighted by atomic mass is 9.89. The van der Waals surface area contributed by atoms with Gasteiger partial charge in [0, 0.05) is 52.1 Å². The van der Waals surface area contributed by atoms with E-state index in [0.29, 0.717) is 5.02 Å². The van der Waals surface area contributed by atoms with Crippen molar-refractivity contribution in [2.75, 3.05) is 0 Å². The fraction of sp³-hybridized carbons (Fsp3) is 0.467. The standard InChI is InChI=1S/C30H37Cl2NO3/c1-3-4-11-21(19-29(35)36)18-28(34)30-24-20-23(31)16-17-26(24)33(2)27(30)15-8-6-5-7-12-22-13-9-10-14-25(22)32/h9-10,13-14,16-17,20-21H,3-8,11-12,15,18-19H2,1-2H3,(H,35,36). The molecule has 36 heavy (non-hydrogen) atoms. The Hall–Kier alpha value is -2.30. The molecule has 1 unspecified atom stereocenters. The molecule has 1 aromatic heterocycles. The molecule has 0 amide bonds. The monoisotopic (exact) mass is 529 g/mol. The van der Waals surface area contributed by atoms with Gasteiger partial charge in [-0.15, -0.1) is 0 Å². The third-order valence-corrected chi connectivity index (χ3v) is 7.64. The number of hydrogen-bond acceptors (Lipinski definition) is 2. The van der Waals surface area contributed by atoms with Crippen molar-refractivity contribution in [1.82, 2.24) is 4.57 Å². The number of ketones is 1. The van der Waals surface area contributed by atoms with Crippen LogP contribution in [0.3, 0.4) is 0 Å². The molecule has 3 rings (SSSR count). The lowest BCUT2D eigenvalue weighted by molar-refractivity contribution is -0.138. The smallest absolute Gasteiger partial charge is 0.303 e. The van der Waals surface area contributed by atoms with Gasteiger partial charge in [0.15, 0.2) is 5.78 Å². The number of hydrogen-bond donors (Lipinski definition) is 1. The molecule has 2 aromatic carbocycles. The van der Waals surface area contributed by atoms with E-state index < -0.39 is 5.97 Å². The Morgan fingerprint density at radius 2 is 1.67 bits per heavy atom. The van der Waals surface area contributed by atoms with Gasteiger partial charge < -0.3 is 9.67 Å². The molecule has 4 nitrogen and oxygen atoms in total. The van der Waals surface area contributed by atoms with Crippen LogP contribution in [0.15, 0.2) is 42.5 Å². The van der Waals surface area contributed by atoms with E-state index in [4.69, 9.17) is 23.2 Å². The zero-order chi connectivity index (χ0) is 26.1. The number of unbranched alkanes of at least 4 members (excludes halogenated alkanes) is 4. The summed E-state index contributed by atoms with van der Waals surface area (Å²) in [6.07, 6.45) is 8.93. The van der Waals surface area contributed by atoms with Crippen molar-refractivity contribution in [3.8, 4) is 0 Å². The topological polar surface area (TPSA) is 59.3 Å². The third-order valence-electron chi connectivity index (χ3n) is 7.03. The lowest BCUT2D eigenvalue weighted by Gasteiger charge is -2.14. The first kappa shape index (κ1) is 28.3. The van der Waals surface area contributed by atoms with E-state index in [-0.39, 0.29) is 24.5 Å². The van der Waals surface area contributed by atoms with E-state index in [9.17, 15) is 14.7 Å². The highest BCUT2D eigenvalue weighted by Crippen LogP contribution is 2.32.